The molecule has 0 aliphatic heterocycles. The van der Waals surface area contributed by atoms with Crippen molar-refractivity contribution in [1.29, 1.82) is 0 Å². The van der Waals surface area contributed by atoms with Gasteiger partial charge >= 0.3 is 12.1 Å². The first-order valence-corrected chi connectivity index (χ1v) is 4.78. The van der Waals surface area contributed by atoms with E-state index >= 15 is 0 Å². The molecule has 1 heterocycles. The number of alkyl halides is 3. The average molecular weight is 275 g/mol. The Morgan fingerprint density at radius 1 is 1.16 bits per heavy atom. The number of aromatic nitrogens is 1. The van der Waals surface area contributed by atoms with Gasteiger partial charge in [0.15, 0.2) is 11.5 Å². The van der Waals surface area contributed by atoms with Gasteiger partial charge in [0.2, 0.25) is 0 Å². The van der Waals surface area contributed by atoms with E-state index in [-0.39, 0.29) is 11.5 Å². The second-order valence-corrected chi connectivity index (χ2v) is 3.34. The molecular weight excluding hydrogens is 267 g/mol. The number of aliphatic carboxylic acids is 1. The third-order valence-electron chi connectivity index (χ3n) is 1.94. The van der Waals surface area contributed by atoms with Crippen molar-refractivity contribution in [2.75, 3.05) is 0 Å². The number of halogens is 3. The van der Waals surface area contributed by atoms with E-state index in [1.54, 1.807) is 12.3 Å². The lowest BCUT2D eigenvalue weighted by Gasteiger charge is -1.99. The van der Waals surface area contributed by atoms with Gasteiger partial charge in [-0.2, -0.15) is 13.2 Å². The molecule has 0 saturated carbocycles. The van der Waals surface area contributed by atoms with Crippen LogP contribution in [-0.2, 0) is 4.79 Å². The molecule has 0 spiro atoms. The second-order valence-electron chi connectivity index (χ2n) is 3.34. The molecule has 0 aliphatic rings. The van der Waals surface area contributed by atoms with Crippen LogP contribution in [0.3, 0.4) is 0 Å². The summed E-state index contributed by atoms with van der Waals surface area (Å²) in [6.45, 7) is 0. The van der Waals surface area contributed by atoms with Crippen molar-refractivity contribution >= 4 is 16.9 Å². The molecule has 1 aromatic heterocycles. The van der Waals surface area contributed by atoms with Gasteiger partial charge in [0, 0.05) is 17.6 Å². The summed E-state index contributed by atoms with van der Waals surface area (Å²) < 4.78 is 31.7. The summed E-state index contributed by atoms with van der Waals surface area (Å²) in [5, 5.41) is 26.2. The summed E-state index contributed by atoms with van der Waals surface area (Å²) in [6.07, 6.45) is -3.45. The predicted octanol–water partition coefficient (Wildman–Crippen LogP) is 2.28. The Labute approximate surface area is 104 Å². The van der Waals surface area contributed by atoms with Crippen LogP contribution in [0.4, 0.5) is 13.2 Å². The van der Waals surface area contributed by atoms with Crippen LogP contribution in [0.15, 0.2) is 30.5 Å². The lowest BCUT2D eigenvalue weighted by Crippen LogP contribution is -2.21. The number of fused-ring (bicyclic) bond motifs is 1. The number of rotatable bonds is 0. The van der Waals surface area contributed by atoms with Crippen molar-refractivity contribution in [1.82, 2.24) is 4.98 Å². The highest BCUT2D eigenvalue weighted by atomic mass is 19.4. The van der Waals surface area contributed by atoms with Crippen molar-refractivity contribution in [3.63, 3.8) is 0 Å². The fraction of sp³-hybridized carbons (Fsp3) is 0.0909. The van der Waals surface area contributed by atoms with Gasteiger partial charge in [-0.15, -0.1) is 0 Å². The first-order chi connectivity index (χ1) is 8.71. The SMILES string of the molecule is O=C(O)C(F)(F)F.Oc1cc2cccnc2cc1O. The monoisotopic (exact) mass is 275 g/mol. The van der Waals surface area contributed by atoms with Gasteiger partial charge in [0.1, 0.15) is 0 Å². The Hall–Kier alpha value is -2.51. The van der Waals surface area contributed by atoms with Gasteiger partial charge in [-0.25, -0.2) is 4.79 Å². The summed E-state index contributed by atoms with van der Waals surface area (Å²) in [6, 6.07) is 6.52. The van der Waals surface area contributed by atoms with Gasteiger partial charge in [-0.3, -0.25) is 4.98 Å². The number of carboxylic acid groups (broad SMARTS) is 1. The number of hydrogen-bond acceptors (Lipinski definition) is 4. The number of pyridine rings is 1. The Kier molecular flexibility index (Phi) is 4.15. The third kappa shape index (κ3) is 4.02. The van der Waals surface area contributed by atoms with Crippen LogP contribution < -0.4 is 0 Å². The molecule has 0 saturated heterocycles. The molecule has 3 N–H and O–H groups in total. The van der Waals surface area contributed by atoms with Crippen molar-refractivity contribution in [2.45, 2.75) is 6.18 Å². The maximum absolute atomic E-state index is 10.6. The first kappa shape index (κ1) is 14.6. The Bertz CT molecular complexity index is 558. The van der Waals surface area contributed by atoms with E-state index in [4.69, 9.17) is 20.1 Å². The molecule has 0 radical (unpaired) electrons. The number of aromatic hydroxyl groups is 2. The van der Waals surface area contributed by atoms with E-state index in [1.165, 1.54) is 12.1 Å². The van der Waals surface area contributed by atoms with Crippen molar-refractivity contribution < 1.29 is 33.3 Å². The summed E-state index contributed by atoms with van der Waals surface area (Å²) in [5.41, 5.74) is 0.674. The summed E-state index contributed by atoms with van der Waals surface area (Å²) >= 11 is 0. The van der Waals surface area contributed by atoms with E-state index in [2.05, 4.69) is 4.98 Å². The molecule has 0 atom stereocenters. The van der Waals surface area contributed by atoms with E-state index in [0.717, 1.165) is 5.39 Å². The van der Waals surface area contributed by atoms with Gasteiger partial charge in [0.05, 0.1) is 5.52 Å². The molecular formula is C11H8F3NO4. The van der Waals surface area contributed by atoms with Crippen LogP contribution >= 0.6 is 0 Å². The van der Waals surface area contributed by atoms with Gasteiger partial charge in [-0.05, 0) is 12.1 Å². The maximum atomic E-state index is 10.6. The van der Waals surface area contributed by atoms with Crippen LogP contribution in [0.2, 0.25) is 0 Å². The van der Waals surface area contributed by atoms with Crippen molar-refractivity contribution in [3.8, 4) is 11.5 Å². The Balaban J connectivity index is 0.000000224. The smallest absolute Gasteiger partial charge is 0.490 e. The molecule has 0 fully saturated rings. The molecule has 0 unspecified atom stereocenters. The van der Waals surface area contributed by atoms with Crippen LogP contribution in [0, 0.1) is 0 Å². The number of hydrogen-bond donors (Lipinski definition) is 3. The Morgan fingerprint density at radius 2 is 1.68 bits per heavy atom. The molecule has 0 amide bonds. The molecule has 0 aliphatic carbocycles. The number of phenolic OH excluding ortho intramolecular Hbond substituents is 2. The average Bonchev–Trinajstić information content (AvgIpc) is 2.30. The summed E-state index contributed by atoms with van der Waals surface area (Å²) in [4.78, 5) is 12.9. The molecule has 0 bridgehead atoms. The molecule has 5 nitrogen and oxygen atoms in total. The molecule has 8 heteroatoms. The minimum Gasteiger partial charge on any atom is -0.504 e. The lowest BCUT2D eigenvalue weighted by molar-refractivity contribution is -0.192. The van der Waals surface area contributed by atoms with E-state index in [1.807, 2.05) is 6.07 Å². The number of benzene rings is 1. The van der Waals surface area contributed by atoms with Crippen LogP contribution in [0.5, 0.6) is 11.5 Å². The highest BCUT2D eigenvalue weighted by molar-refractivity contribution is 5.82. The van der Waals surface area contributed by atoms with Crippen LogP contribution in [-0.4, -0.2) is 32.4 Å². The van der Waals surface area contributed by atoms with Gasteiger partial charge in [0.25, 0.3) is 0 Å². The predicted molar refractivity (Wildman–Crippen MR) is 58.8 cm³/mol. The maximum Gasteiger partial charge on any atom is 0.490 e. The number of nitrogens with zero attached hydrogens (tertiary/aromatic N) is 1. The van der Waals surface area contributed by atoms with Gasteiger partial charge in [-0.1, -0.05) is 6.07 Å². The zero-order valence-corrected chi connectivity index (χ0v) is 9.22. The first-order valence-electron chi connectivity index (χ1n) is 4.78. The highest BCUT2D eigenvalue weighted by Gasteiger charge is 2.38. The van der Waals surface area contributed by atoms with E-state index in [9.17, 15) is 13.2 Å². The fourth-order valence-electron chi connectivity index (χ4n) is 1.10. The highest BCUT2D eigenvalue weighted by Crippen LogP contribution is 2.28. The fourth-order valence-corrected chi connectivity index (χ4v) is 1.10. The number of carboxylic acids is 1. The normalized spacial score (nSPS) is 10.7. The lowest BCUT2D eigenvalue weighted by atomic mass is 10.2. The third-order valence-corrected chi connectivity index (χ3v) is 1.94. The van der Waals surface area contributed by atoms with Crippen LogP contribution in [0.25, 0.3) is 10.9 Å². The number of carbonyl (C=O) groups is 1. The standard InChI is InChI=1S/C9H7NO2.C2HF3O2/c11-8-4-6-2-1-3-10-7(6)5-9(8)12;3-2(4,5)1(6)7/h1-5,11-12H;(H,6,7). The molecule has 19 heavy (non-hydrogen) atoms. The number of phenols is 2. The molecule has 2 aromatic rings. The van der Waals surface area contributed by atoms with Crippen molar-refractivity contribution in [2.24, 2.45) is 0 Å². The minimum atomic E-state index is -5.08. The molecule has 102 valence electrons. The Morgan fingerprint density at radius 3 is 2.21 bits per heavy atom. The van der Waals surface area contributed by atoms with Gasteiger partial charge < -0.3 is 15.3 Å². The van der Waals surface area contributed by atoms with Crippen molar-refractivity contribution in [3.05, 3.63) is 30.5 Å². The van der Waals surface area contributed by atoms with Crippen LogP contribution in [0.1, 0.15) is 0 Å². The zero-order chi connectivity index (χ0) is 14.6. The summed E-state index contributed by atoms with van der Waals surface area (Å²) in [7, 11) is 0. The summed E-state index contributed by atoms with van der Waals surface area (Å²) in [5.74, 6) is -3.01. The van der Waals surface area contributed by atoms with E-state index < -0.39 is 12.1 Å². The quantitative estimate of drug-likeness (QED) is 0.642. The molecule has 1 aromatic carbocycles. The second kappa shape index (κ2) is 5.42. The zero-order valence-electron chi connectivity index (χ0n) is 9.22. The van der Waals surface area contributed by atoms with E-state index in [0.29, 0.717) is 5.52 Å². The largest absolute Gasteiger partial charge is 0.504 e. The minimum absolute atomic E-state index is 0.115. The topological polar surface area (TPSA) is 90.7 Å². The molecule has 2 rings (SSSR count).